The van der Waals surface area contributed by atoms with Crippen LogP contribution in [0.4, 0.5) is 8.78 Å². The number of carbonyl (C=O) groups excluding carboxylic acids is 1. The Morgan fingerprint density at radius 3 is 2.00 bits per heavy atom. The Morgan fingerprint density at radius 2 is 1.42 bits per heavy atom. The van der Waals surface area contributed by atoms with Gasteiger partial charge in [0, 0.05) is 12.1 Å². The topological polar surface area (TPSA) is 29.1 Å². The van der Waals surface area contributed by atoms with Crippen molar-refractivity contribution in [3.63, 3.8) is 0 Å². The van der Waals surface area contributed by atoms with E-state index < -0.39 is 0 Å². The molecule has 0 fully saturated rings. The summed E-state index contributed by atoms with van der Waals surface area (Å²) in [7, 11) is 0. The van der Waals surface area contributed by atoms with E-state index in [-0.39, 0.29) is 17.5 Å². The third-order valence-electron chi connectivity index (χ3n) is 2.72. The highest BCUT2D eigenvalue weighted by Gasteiger charge is 2.04. The van der Waals surface area contributed by atoms with E-state index in [4.69, 9.17) is 0 Å². The van der Waals surface area contributed by atoms with Gasteiger partial charge in [0.25, 0.3) is 5.91 Å². The monoisotopic (exact) mass is 261 g/mol. The standard InChI is InChI=1S/C15H13F2NO/c16-13-5-1-11(2-6-13)9-10-18-15(19)12-3-7-14(17)8-4-12/h1-8H,9-10H2,(H,18,19). The number of nitrogens with one attached hydrogen (secondary N) is 1. The van der Waals surface area contributed by atoms with Crippen LogP contribution in [0.1, 0.15) is 15.9 Å². The van der Waals surface area contributed by atoms with Crippen molar-refractivity contribution in [3.05, 3.63) is 71.3 Å². The van der Waals surface area contributed by atoms with Crippen LogP contribution in [0.15, 0.2) is 48.5 Å². The third-order valence-corrected chi connectivity index (χ3v) is 2.72. The van der Waals surface area contributed by atoms with Crippen molar-refractivity contribution in [2.75, 3.05) is 6.54 Å². The van der Waals surface area contributed by atoms with E-state index in [1.807, 2.05) is 0 Å². The first-order chi connectivity index (χ1) is 9.15. The zero-order valence-corrected chi connectivity index (χ0v) is 10.2. The molecular formula is C15H13F2NO. The average Bonchev–Trinajstić information content (AvgIpc) is 2.41. The van der Waals surface area contributed by atoms with Gasteiger partial charge in [-0.15, -0.1) is 0 Å². The van der Waals surface area contributed by atoms with E-state index in [2.05, 4.69) is 5.32 Å². The van der Waals surface area contributed by atoms with Crippen molar-refractivity contribution in [1.82, 2.24) is 5.32 Å². The van der Waals surface area contributed by atoms with Gasteiger partial charge in [0.05, 0.1) is 0 Å². The van der Waals surface area contributed by atoms with E-state index in [0.29, 0.717) is 18.5 Å². The summed E-state index contributed by atoms with van der Waals surface area (Å²) in [6.45, 7) is 0.446. The molecule has 2 rings (SSSR count). The normalized spacial score (nSPS) is 10.2. The lowest BCUT2D eigenvalue weighted by Crippen LogP contribution is -2.25. The minimum Gasteiger partial charge on any atom is -0.352 e. The molecule has 0 saturated carbocycles. The summed E-state index contributed by atoms with van der Waals surface area (Å²) in [6, 6.07) is 11.5. The molecule has 19 heavy (non-hydrogen) atoms. The Bertz CT molecular complexity index is 549. The number of benzene rings is 2. The van der Waals surface area contributed by atoms with Crippen LogP contribution in [0, 0.1) is 11.6 Å². The van der Waals surface area contributed by atoms with E-state index in [1.54, 1.807) is 12.1 Å². The molecule has 4 heteroatoms. The Morgan fingerprint density at radius 1 is 0.895 bits per heavy atom. The van der Waals surface area contributed by atoms with Gasteiger partial charge < -0.3 is 5.32 Å². The molecule has 0 heterocycles. The van der Waals surface area contributed by atoms with Crippen LogP contribution in [0.25, 0.3) is 0 Å². The third kappa shape index (κ3) is 3.88. The molecule has 2 aromatic carbocycles. The zero-order valence-electron chi connectivity index (χ0n) is 10.2. The number of hydrogen-bond acceptors (Lipinski definition) is 1. The minimum absolute atomic E-state index is 0.248. The molecule has 1 amide bonds. The molecule has 0 unspecified atom stereocenters. The second-order valence-corrected chi connectivity index (χ2v) is 4.14. The zero-order chi connectivity index (χ0) is 13.7. The molecule has 0 spiro atoms. The fourth-order valence-corrected chi connectivity index (χ4v) is 1.67. The Labute approximate surface area is 110 Å². The summed E-state index contributed by atoms with van der Waals surface area (Å²) in [5, 5.41) is 2.73. The number of carbonyl (C=O) groups is 1. The molecule has 0 radical (unpaired) electrons. The summed E-state index contributed by atoms with van der Waals surface area (Å²) in [6.07, 6.45) is 0.618. The molecule has 2 nitrogen and oxygen atoms in total. The van der Waals surface area contributed by atoms with Crippen LogP contribution in [-0.4, -0.2) is 12.5 Å². The van der Waals surface area contributed by atoms with Gasteiger partial charge in [0.2, 0.25) is 0 Å². The maximum atomic E-state index is 12.7. The number of rotatable bonds is 4. The van der Waals surface area contributed by atoms with Crippen molar-refractivity contribution in [3.8, 4) is 0 Å². The average molecular weight is 261 g/mol. The summed E-state index contributed by atoms with van der Waals surface area (Å²) in [4.78, 5) is 11.7. The van der Waals surface area contributed by atoms with Crippen LogP contribution in [0.2, 0.25) is 0 Å². The molecule has 0 aromatic heterocycles. The second kappa shape index (κ2) is 6.09. The highest BCUT2D eigenvalue weighted by atomic mass is 19.1. The molecule has 0 atom stereocenters. The van der Waals surface area contributed by atoms with Crippen LogP contribution in [0.3, 0.4) is 0 Å². The summed E-state index contributed by atoms with van der Waals surface area (Å²) < 4.78 is 25.4. The first kappa shape index (κ1) is 13.2. The molecule has 0 aliphatic rings. The smallest absolute Gasteiger partial charge is 0.251 e. The summed E-state index contributed by atoms with van der Waals surface area (Å²) in [5.41, 5.74) is 1.36. The molecule has 2 aromatic rings. The molecular weight excluding hydrogens is 248 g/mol. The molecule has 0 aliphatic carbocycles. The Kier molecular flexibility index (Phi) is 4.23. The maximum Gasteiger partial charge on any atom is 0.251 e. The van der Waals surface area contributed by atoms with Crippen molar-refractivity contribution in [2.24, 2.45) is 0 Å². The van der Waals surface area contributed by atoms with Crippen molar-refractivity contribution < 1.29 is 13.6 Å². The lowest BCUT2D eigenvalue weighted by atomic mass is 10.1. The quantitative estimate of drug-likeness (QED) is 0.900. The molecule has 98 valence electrons. The highest BCUT2D eigenvalue weighted by Crippen LogP contribution is 2.04. The summed E-state index contributed by atoms with van der Waals surface area (Å²) >= 11 is 0. The van der Waals surface area contributed by atoms with E-state index in [9.17, 15) is 13.6 Å². The van der Waals surface area contributed by atoms with Gasteiger partial charge in [0.1, 0.15) is 11.6 Å². The Balaban J connectivity index is 1.84. The first-order valence-corrected chi connectivity index (χ1v) is 5.93. The number of halogens is 2. The molecule has 0 aliphatic heterocycles. The number of hydrogen-bond donors (Lipinski definition) is 1. The fraction of sp³-hybridized carbons (Fsp3) is 0.133. The first-order valence-electron chi connectivity index (χ1n) is 5.93. The predicted molar refractivity (Wildman–Crippen MR) is 68.8 cm³/mol. The maximum absolute atomic E-state index is 12.7. The fourth-order valence-electron chi connectivity index (χ4n) is 1.67. The van der Waals surface area contributed by atoms with Gasteiger partial charge in [-0.2, -0.15) is 0 Å². The molecule has 0 saturated heterocycles. The van der Waals surface area contributed by atoms with Gasteiger partial charge in [-0.25, -0.2) is 8.78 Å². The van der Waals surface area contributed by atoms with Crippen LogP contribution in [-0.2, 0) is 6.42 Å². The second-order valence-electron chi connectivity index (χ2n) is 4.14. The van der Waals surface area contributed by atoms with E-state index in [0.717, 1.165) is 5.56 Å². The lowest BCUT2D eigenvalue weighted by molar-refractivity contribution is 0.0954. The van der Waals surface area contributed by atoms with Crippen molar-refractivity contribution in [1.29, 1.82) is 0 Å². The molecule has 1 N–H and O–H groups in total. The predicted octanol–water partition coefficient (Wildman–Crippen LogP) is 2.94. The minimum atomic E-state index is -0.372. The van der Waals surface area contributed by atoms with Crippen LogP contribution >= 0.6 is 0 Å². The van der Waals surface area contributed by atoms with Crippen molar-refractivity contribution in [2.45, 2.75) is 6.42 Å². The van der Waals surface area contributed by atoms with Crippen LogP contribution in [0.5, 0.6) is 0 Å². The van der Waals surface area contributed by atoms with Crippen molar-refractivity contribution >= 4 is 5.91 Å². The van der Waals surface area contributed by atoms with Gasteiger partial charge in [-0.1, -0.05) is 12.1 Å². The Hall–Kier alpha value is -2.23. The van der Waals surface area contributed by atoms with Gasteiger partial charge in [0.15, 0.2) is 0 Å². The number of amides is 1. The van der Waals surface area contributed by atoms with Crippen LogP contribution < -0.4 is 5.32 Å². The van der Waals surface area contributed by atoms with E-state index in [1.165, 1.54) is 36.4 Å². The highest BCUT2D eigenvalue weighted by molar-refractivity contribution is 5.94. The largest absolute Gasteiger partial charge is 0.352 e. The van der Waals surface area contributed by atoms with Gasteiger partial charge in [-0.3, -0.25) is 4.79 Å². The van der Waals surface area contributed by atoms with E-state index >= 15 is 0 Å². The van der Waals surface area contributed by atoms with Gasteiger partial charge in [-0.05, 0) is 48.4 Å². The molecule has 0 bridgehead atoms. The van der Waals surface area contributed by atoms with Gasteiger partial charge >= 0.3 is 0 Å². The SMILES string of the molecule is O=C(NCCc1ccc(F)cc1)c1ccc(F)cc1. The lowest BCUT2D eigenvalue weighted by Gasteiger charge is -2.05. The summed E-state index contributed by atoms with van der Waals surface area (Å²) in [5.74, 6) is -0.899.